The van der Waals surface area contributed by atoms with Crippen LogP contribution in [0.4, 0.5) is 11.6 Å². The number of aromatic nitrogens is 2. The second-order valence-electron chi connectivity index (χ2n) is 8.09. The standard InChI is InChI=1S/C24H27N5O2/c1-16-13-27-23(28-20-9-7-19(8-10-20)24(26)14-31-15-24)29-21(16)11-6-17-4-2-3-5-18(17)12-22(25)30/h2-5,7-10,13H,6,11-12,14-15,26H2,1H3,(H2,25,30)(H,27,28,29). The Kier molecular flexibility index (Phi) is 5.97. The maximum absolute atomic E-state index is 11.3. The van der Waals surface area contributed by atoms with Crippen molar-refractivity contribution in [2.24, 2.45) is 11.5 Å². The average Bonchev–Trinajstić information content (AvgIpc) is 2.73. The molecule has 1 amide bonds. The molecule has 0 radical (unpaired) electrons. The van der Waals surface area contributed by atoms with Gasteiger partial charge in [0.05, 0.1) is 25.2 Å². The van der Waals surface area contributed by atoms with Gasteiger partial charge in [0.2, 0.25) is 11.9 Å². The van der Waals surface area contributed by atoms with Gasteiger partial charge in [-0.2, -0.15) is 0 Å². The third kappa shape index (κ3) is 4.90. The molecule has 1 aliphatic heterocycles. The number of rotatable bonds is 8. The van der Waals surface area contributed by atoms with Crippen LogP contribution in [0, 0.1) is 6.92 Å². The summed E-state index contributed by atoms with van der Waals surface area (Å²) < 4.78 is 5.24. The minimum Gasteiger partial charge on any atom is -0.377 e. The molecule has 1 saturated heterocycles. The predicted octanol–water partition coefficient (Wildman–Crippen LogP) is 2.53. The molecule has 4 rings (SSSR count). The van der Waals surface area contributed by atoms with Crippen LogP contribution in [0.3, 0.4) is 0 Å². The Balaban J connectivity index is 1.45. The molecule has 5 N–H and O–H groups in total. The normalized spacial score (nSPS) is 14.6. The lowest BCUT2D eigenvalue weighted by atomic mass is 9.89. The van der Waals surface area contributed by atoms with Crippen molar-refractivity contribution in [2.45, 2.75) is 31.7 Å². The van der Waals surface area contributed by atoms with Crippen LogP contribution in [0.2, 0.25) is 0 Å². The van der Waals surface area contributed by atoms with Gasteiger partial charge in [0.1, 0.15) is 0 Å². The van der Waals surface area contributed by atoms with Gasteiger partial charge in [0.25, 0.3) is 0 Å². The van der Waals surface area contributed by atoms with Crippen LogP contribution in [0.25, 0.3) is 0 Å². The predicted molar refractivity (Wildman–Crippen MR) is 120 cm³/mol. The average molecular weight is 418 g/mol. The highest BCUT2D eigenvalue weighted by molar-refractivity contribution is 5.77. The largest absolute Gasteiger partial charge is 0.377 e. The fourth-order valence-corrected chi connectivity index (χ4v) is 3.71. The number of aryl methyl sites for hydroxylation is 3. The zero-order valence-electron chi connectivity index (χ0n) is 17.6. The minimum absolute atomic E-state index is 0.248. The highest BCUT2D eigenvalue weighted by atomic mass is 16.5. The maximum Gasteiger partial charge on any atom is 0.227 e. The van der Waals surface area contributed by atoms with Crippen molar-refractivity contribution in [3.05, 3.63) is 82.7 Å². The van der Waals surface area contributed by atoms with Crippen molar-refractivity contribution < 1.29 is 9.53 Å². The zero-order chi connectivity index (χ0) is 21.8. The monoisotopic (exact) mass is 417 g/mol. The van der Waals surface area contributed by atoms with Crippen LogP contribution in [0.1, 0.15) is 27.9 Å². The summed E-state index contributed by atoms with van der Waals surface area (Å²) in [5.41, 5.74) is 17.3. The number of benzene rings is 2. The van der Waals surface area contributed by atoms with Crippen LogP contribution < -0.4 is 16.8 Å². The number of anilines is 2. The molecule has 0 atom stereocenters. The van der Waals surface area contributed by atoms with E-state index in [1.54, 1.807) is 0 Å². The smallest absolute Gasteiger partial charge is 0.227 e. The Hall–Kier alpha value is -3.29. The van der Waals surface area contributed by atoms with E-state index in [1.807, 2.05) is 61.7 Å². The second-order valence-corrected chi connectivity index (χ2v) is 8.09. The molecule has 0 aliphatic carbocycles. The quantitative estimate of drug-likeness (QED) is 0.519. The molecule has 1 aromatic heterocycles. The van der Waals surface area contributed by atoms with E-state index in [4.69, 9.17) is 21.2 Å². The highest BCUT2D eigenvalue weighted by Gasteiger charge is 2.35. The number of amides is 1. The van der Waals surface area contributed by atoms with Gasteiger partial charge in [0.15, 0.2) is 0 Å². The number of nitrogens with zero attached hydrogens (tertiary/aromatic N) is 2. The van der Waals surface area contributed by atoms with Gasteiger partial charge < -0.3 is 21.5 Å². The molecule has 2 aromatic carbocycles. The number of primary amides is 1. The molecule has 1 fully saturated rings. The molecule has 0 spiro atoms. The molecule has 1 aliphatic rings. The van der Waals surface area contributed by atoms with Crippen LogP contribution in [-0.4, -0.2) is 29.1 Å². The summed E-state index contributed by atoms with van der Waals surface area (Å²) in [6.07, 6.45) is 3.59. The van der Waals surface area contributed by atoms with Crippen LogP contribution in [-0.2, 0) is 34.3 Å². The lowest BCUT2D eigenvalue weighted by Gasteiger charge is -2.38. The lowest BCUT2D eigenvalue weighted by Crippen LogP contribution is -2.54. The Morgan fingerprint density at radius 2 is 1.81 bits per heavy atom. The van der Waals surface area contributed by atoms with Crippen molar-refractivity contribution in [2.75, 3.05) is 18.5 Å². The molecule has 0 bridgehead atoms. The summed E-state index contributed by atoms with van der Waals surface area (Å²) in [6.45, 7) is 3.10. The van der Waals surface area contributed by atoms with Crippen molar-refractivity contribution in [1.82, 2.24) is 9.97 Å². The fourth-order valence-electron chi connectivity index (χ4n) is 3.71. The molecular weight excluding hydrogens is 390 g/mol. The van der Waals surface area contributed by atoms with Crippen LogP contribution in [0.15, 0.2) is 54.7 Å². The molecule has 160 valence electrons. The fraction of sp³-hybridized carbons (Fsp3) is 0.292. The van der Waals surface area contributed by atoms with Gasteiger partial charge in [-0.05, 0) is 54.2 Å². The Morgan fingerprint density at radius 3 is 2.45 bits per heavy atom. The molecule has 7 heteroatoms. The summed E-state index contributed by atoms with van der Waals surface area (Å²) in [5, 5.41) is 3.27. The van der Waals surface area contributed by atoms with E-state index in [0.717, 1.165) is 46.5 Å². The number of hydrogen-bond acceptors (Lipinski definition) is 6. The number of nitrogens with one attached hydrogen (secondary N) is 1. The number of hydrogen-bond donors (Lipinski definition) is 3. The third-order valence-corrected chi connectivity index (χ3v) is 5.63. The van der Waals surface area contributed by atoms with Gasteiger partial charge in [-0.1, -0.05) is 36.4 Å². The SMILES string of the molecule is Cc1cnc(Nc2ccc(C3(N)COC3)cc2)nc1CCc1ccccc1CC(N)=O. The lowest BCUT2D eigenvalue weighted by molar-refractivity contribution is -0.117. The van der Waals surface area contributed by atoms with Gasteiger partial charge in [-0.25, -0.2) is 9.97 Å². The summed E-state index contributed by atoms with van der Waals surface area (Å²) in [6, 6.07) is 15.9. The molecule has 2 heterocycles. The zero-order valence-corrected chi connectivity index (χ0v) is 17.6. The van der Waals surface area contributed by atoms with Crippen LogP contribution >= 0.6 is 0 Å². The first-order valence-electron chi connectivity index (χ1n) is 10.3. The van der Waals surface area contributed by atoms with Crippen molar-refractivity contribution >= 4 is 17.5 Å². The Morgan fingerprint density at radius 1 is 1.10 bits per heavy atom. The first-order chi connectivity index (χ1) is 14.9. The Bertz CT molecular complexity index is 1080. The molecular formula is C24H27N5O2. The maximum atomic E-state index is 11.3. The number of nitrogens with two attached hydrogens (primary N) is 2. The first kappa shape index (κ1) is 21.0. The van der Waals surface area contributed by atoms with E-state index in [1.165, 1.54) is 0 Å². The second kappa shape index (κ2) is 8.83. The van der Waals surface area contributed by atoms with E-state index in [-0.39, 0.29) is 17.9 Å². The van der Waals surface area contributed by atoms with Crippen molar-refractivity contribution in [1.29, 1.82) is 0 Å². The third-order valence-electron chi connectivity index (χ3n) is 5.63. The van der Waals surface area contributed by atoms with Crippen LogP contribution in [0.5, 0.6) is 0 Å². The number of ether oxygens (including phenoxy) is 1. The number of carbonyl (C=O) groups excluding carboxylic acids is 1. The van der Waals surface area contributed by atoms with Crippen molar-refractivity contribution in [3.8, 4) is 0 Å². The summed E-state index contributed by atoms with van der Waals surface area (Å²) in [5.74, 6) is 0.224. The van der Waals surface area contributed by atoms with Gasteiger partial charge in [-0.3, -0.25) is 4.79 Å². The topological polar surface area (TPSA) is 116 Å². The summed E-state index contributed by atoms with van der Waals surface area (Å²) >= 11 is 0. The van der Waals surface area contributed by atoms with E-state index in [9.17, 15) is 4.79 Å². The van der Waals surface area contributed by atoms with E-state index in [0.29, 0.717) is 19.2 Å². The number of carbonyl (C=O) groups is 1. The van der Waals surface area contributed by atoms with E-state index >= 15 is 0 Å². The van der Waals surface area contributed by atoms with Crippen molar-refractivity contribution in [3.63, 3.8) is 0 Å². The Labute approximate surface area is 181 Å². The van der Waals surface area contributed by atoms with E-state index in [2.05, 4.69) is 10.3 Å². The highest BCUT2D eigenvalue weighted by Crippen LogP contribution is 2.28. The first-order valence-corrected chi connectivity index (χ1v) is 10.3. The minimum atomic E-state index is -0.378. The molecule has 0 saturated carbocycles. The molecule has 3 aromatic rings. The molecule has 7 nitrogen and oxygen atoms in total. The summed E-state index contributed by atoms with van der Waals surface area (Å²) in [7, 11) is 0. The van der Waals surface area contributed by atoms with Gasteiger partial charge in [0, 0.05) is 17.6 Å². The molecule has 31 heavy (non-hydrogen) atoms. The van der Waals surface area contributed by atoms with Gasteiger partial charge >= 0.3 is 0 Å². The van der Waals surface area contributed by atoms with E-state index < -0.39 is 0 Å². The molecule has 0 unspecified atom stereocenters. The van der Waals surface area contributed by atoms with Gasteiger partial charge in [-0.15, -0.1) is 0 Å². The summed E-state index contributed by atoms with van der Waals surface area (Å²) in [4.78, 5) is 20.5.